The topological polar surface area (TPSA) is 76.1 Å². The number of amides is 1. The van der Waals surface area contributed by atoms with Gasteiger partial charge in [-0.3, -0.25) is 14.5 Å². The van der Waals surface area contributed by atoms with Gasteiger partial charge in [-0.2, -0.15) is 0 Å². The van der Waals surface area contributed by atoms with Gasteiger partial charge >= 0.3 is 5.97 Å². The average molecular weight is 529 g/mol. The van der Waals surface area contributed by atoms with Crippen molar-refractivity contribution < 1.29 is 24.2 Å². The van der Waals surface area contributed by atoms with E-state index in [-0.39, 0.29) is 5.91 Å². The van der Waals surface area contributed by atoms with E-state index in [0.29, 0.717) is 56.6 Å². The molecular formula is C25H19BrClNO5. The lowest BCUT2D eigenvalue weighted by Gasteiger charge is -2.41. The third-order valence-corrected chi connectivity index (χ3v) is 6.90. The fourth-order valence-corrected chi connectivity index (χ4v) is 4.96. The highest BCUT2D eigenvalue weighted by molar-refractivity contribution is 9.10. The first-order valence-corrected chi connectivity index (χ1v) is 11.5. The number of nitrogens with zero attached hydrogens (tertiary/aromatic N) is 1. The number of carbonyl (C=O) groups is 2. The van der Waals surface area contributed by atoms with Crippen LogP contribution in [0.4, 0.5) is 5.69 Å². The first-order valence-electron chi connectivity index (χ1n) is 10.4. The number of hydrogen-bond acceptors (Lipinski definition) is 4. The molecule has 3 aromatic rings. The van der Waals surface area contributed by atoms with E-state index in [1.807, 2.05) is 13.0 Å². The van der Waals surface area contributed by atoms with Crippen LogP contribution in [0.1, 0.15) is 39.0 Å². The summed E-state index contributed by atoms with van der Waals surface area (Å²) in [4.78, 5) is 28.0. The monoisotopic (exact) mass is 527 g/mol. The van der Waals surface area contributed by atoms with E-state index in [2.05, 4.69) is 15.9 Å². The fraction of sp³-hybridized carbons (Fsp3) is 0.200. The summed E-state index contributed by atoms with van der Waals surface area (Å²) in [6.07, 6.45) is 0. The quantitative estimate of drug-likeness (QED) is 0.468. The van der Waals surface area contributed by atoms with Crippen LogP contribution in [0.2, 0.25) is 5.02 Å². The molecule has 33 heavy (non-hydrogen) atoms. The summed E-state index contributed by atoms with van der Waals surface area (Å²) < 4.78 is 12.1. The summed E-state index contributed by atoms with van der Waals surface area (Å²) in [6, 6.07) is 14.9. The summed E-state index contributed by atoms with van der Waals surface area (Å²) in [5, 5.41) is 10.8. The number of benzene rings is 3. The summed E-state index contributed by atoms with van der Waals surface area (Å²) in [5.41, 5.74) is 2.81. The molecule has 0 radical (unpaired) electrons. The third-order valence-electron chi connectivity index (χ3n) is 6.00. The number of ether oxygens (including phenoxy) is 2. The molecule has 0 fully saturated rings. The molecule has 2 heterocycles. The summed E-state index contributed by atoms with van der Waals surface area (Å²) in [5.74, 6) is -1.22. The van der Waals surface area contributed by atoms with Crippen molar-refractivity contribution in [2.75, 3.05) is 18.1 Å². The van der Waals surface area contributed by atoms with Crippen LogP contribution in [0.5, 0.6) is 11.5 Å². The molecule has 2 aliphatic rings. The molecule has 0 spiro atoms. The maximum atomic E-state index is 13.8. The van der Waals surface area contributed by atoms with Gasteiger partial charge in [0.25, 0.3) is 5.91 Å². The van der Waals surface area contributed by atoms with Gasteiger partial charge in [0.15, 0.2) is 11.5 Å². The first kappa shape index (κ1) is 21.8. The number of anilines is 1. The molecule has 168 valence electrons. The van der Waals surface area contributed by atoms with E-state index in [4.69, 9.17) is 21.1 Å². The zero-order valence-corrected chi connectivity index (χ0v) is 19.9. The van der Waals surface area contributed by atoms with Crippen LogP contribution in [0.15, 0.2) is 59.1 Å². The lowest BCUT2D eigenvalue weighted by Crippen LogP contribution is -2.45. The highest BCUT2D eigenvalue weighted by atomic mass is 79.9. The molecule has 0 saturated heterocycles. The zero-order chi connectivity index (χ0) is 23.3. The number of aliphatic carboxylic acids is 1. The summed E-state index contributed by atoms with van der Waals surface area (Å²) in [6.45, 7) is 2.72. The van der Waals surface area contributed by atoms with Crippen LogP contribution in [-0.2, 0) is 4.79 Å². The van der Waals surface area contributed by atoms with Crippen molar-refractivity contribution in [1.82, 2.24) is 0 Å². The molecule has 0 aliphatic carbocycles. The highest BCUT2D eigenvalue weighted by Gasteiger charge is 2.45. The van der Waals surface area contributed by atoms with E-state index in [1.165, 1.54) is 4.90 Å². The predicted molar refractivity (Wildman–Crippen MR) is 128 cm³/mol. The van der Waals surface area contributed by atoms with Crippen LogP contribution in [0.25, 0.3) is 0 Å². The van der Waals surface area contributed by atoms with E-state index < -0.39 is 17.9 Å². The van der Waals surface area contributed by atoms with Gasteiger partial charge < -0.3 is 14.6 Å². The van der Waals surface area contributed by atoms with Crippen LogP contribution >= 0.6 is 27.5 Å². The molecule has 1 amide bonds. The fourth-order valence-electron chi connectivity index (χ4n) is 4.42. The average Bonchev–Trinajstić information content (AvgIpc) is 2.80. The van der Waals surface area contributed by atoms with Gasteiger partial charge in [0.05, 0.1) is 6.04 Å². The standard InChI is InChI=1S/C25H19BrClNO5/c1-13-2-5-16(12-19(13)27)28-23(14-3-7-20-21(10-14)33-9-8-32-20)22(25(30)31)17-6-4-15(26)11-18(17)24(28)29/h2-7,10-12,22-23H,8-9H2,1H3,(H,30,31)/t22-,23+/m1/s1. The minimum Gasteiger partial charge on any atom is -0.486 e. The molecule has 0 saturated carbocycles. The first-order chi connectivity index (χ1) is 15.8. The van der Waals surface area contributed by atoms with Crippen molar-refractivity contribution in [2.45, 2.75) is 18.9 Å². The van der Waals surface area contributed by atoms with Crippen LogP contribution in [-0.4, -0.2) is 30.2 Å². The normalized spacial score (nSPS) is 19.2. The molecule has 2 aliphatic heterocycles. The second-order valence-electron chi connectivity index (χ2n) is 8.00. The maximum absolute atomic E-state index is 13.8. The Morgan fingerprint density at radius 2 is 1.82 bits per heavy atom. The molecule has 0 aromatic heterocycles. The van der Waals surface area contributed by atoms with Gasteiger partial charge in [-0.1, -0.05) is 45.7 Å². The van der Waals surface area contributed by atoms with Gasteiger partial charge in [0.2, 0.25) is 0 Å². The van der Waals surface area contributed by atoms with Crippen LogP contribution in [0.3, 0.4) is 0 Å². The van der Waals surface area contributed by atoms with Gasteiger partial charge in [0.1, 0.15) is 19.1 Å². The minimum absolute atomic E-state index is 0.302. The number of aryl methyl sites for hydroxylation is 1. The SMILES string of the molecule is Cc1ccc(N2C(=O)c3cc(Br)ccc3[C@@H](C(=O)O)[C@@H]2c2ccc3c(c2)OCCO3)cc1Cl. The number of carbonyl (C=O) groups excluding carboxylic acids is 1. The number of fused-ring (bicyclic) bond motifs is 2. The molecule has 1 N–H and O–H groups in total. The summed E-state index contributed by atoms with van der Waals surface area (Å²) >= 11 is 9.80. The Hall–Kier alpha value is -3.03. The van der Waals surface area contributed by atoms with E-state index in [9.17, 15) is 14.7 Å². The maximum Gasteiger partial charge on any atom is 0.313 e. The number of halogens is 2. The zero-order valence-electron chi connectivity index (χ0n) is 17.5. The number of carboxylic acids is 1. The Morgan fingerprint density at radius 1 is 1.06 bits per heavy atom. The predicted octanol–water partition coefficient (Wildman–Crippen LogP) is 5.75. The Labute approximate surface area is 203 Å². The highest BCUT2D eigenvalue weighted by Crippen LogP contribution is 2.47. The van der Waals surface area contributed by atoms with E-state index >= 15 is 0 Å². The van der Waals surface area contributed by atoms with Crippen molar-refractivity contribution in [3.8, 4) is 11.5 Å². The Bertz CT molecular complexity index is 1290. The molecular weight excluding hydrogens is 510 g/mol. The molecule has 0 unspecified atom stereocenters. The van der Waals surface area contributed by atoms with Crippen LogP contribution < -0.4 is 14.4 Å². The number of hydrogen-bond donors (Lipinski definition) is 1. The van der Waals surface area contributed by atoms with Gasteiger partial charge in [0, 0.05) is 20.7 Å². The third kappa shape index (κ3) is 3.75. The molecule has 2 atom stereocenters. The molecule has 6 nitrogen and oxygen atoms in total. The van der Waals surface area contributed by atoms with Gasteiger partial charge in [-0.25, -0.2) is 0 Å². The molecule has 8 heteroatoms. The second-order valence-corrected chi connectivity index (χ2v) is 9.33. The number of carboxylic acid groups (broad SMARTS) is 1. The van der Waals surface area contributed by atoms with E-state index in [1.54, 1.807) is 48.5 Å². The van der Waals surface area contributed by atoms with Gasteiger partial charge in [-0.15, -0.1) is 0 Å². The smallest absolute Gasteiger partial charge is 0.313 e. The van der Waals surface area contributed by atoms with Crippen molar-refractivity contribution in [1.29, 1.82) is 0 Å². The van der Waals surface area contributed by atoms with Crippen LogP contribution in [0, 0.1) is 6.92 Å². The number of rotatable bonds is 3. The Morgan fingerprint density at radius 3 is 2.55 bits per heavy atom. The minimum atomic E-state index is -1.03. The van der Waals surface area contributed by atoms with E-state index in [0.717, 1.165) is 5.56 Å². The van der Waals surface area contributed by atoms with Crippen molar-refractivity contribution in [3.05, 3.63) is 86.3 Å². The van der Waals surface area contributed by atoms with Gasteiger partial charge in [-0.05, 0) is 60.0 Å². The Kier molecular flexibility index (Phi) is 5.54. The van der Waals surface area contributed by atoms with Crippen molar-refractivity contribution >= 4 is 45.1 Å². The molecule has 5 rings (SSSR count). The lowest BCUT2D eigenvalue weighted by molar-refractivity contribution is -0.139. The molecule has 0 bridgehead atoms. The Balaban J connectivity index is 1.76. The van der Waals surface area contributed by atoms with Crippen molar-refractivity contribution in [3.63, 3.8) is 0 Å². The van der Waals surface area contributed by atoms with Crippen molar-refractivity contribution in [2.24, 2.45) is 0 Å². The summed E-state index contributed by atoms with van der Waals surface area (Å²) in [7, 11) is 0. The second kappa shape index (κ2) is 8.39. The largest absolute Gasteiger partial charge is 0.486 e. The molecule has 3 aromatic carbocycles. The lowest BCUT2D eigenvalue weighted by atomic mass is 9.79.